The summed E-state index contributed by atoms with van der Waals surface area (Å²) in [4.78, 5) is 59.7. The van der Waals surface area contributed by atoms with Gasteiger partial charge in [-0.1, -0.05) is 48.9 Å². The Labute approximate surface area is 246 Å². The summed E-state index contributed by atoms with van der Waals surface area (Å²) in [6.07, 6.45) is 1.74. The van der Waals surface area contributed by atoms with E-state index < -0.39 is 23.5 Å². The molecular weight excluding hydrogens is 558 g/mol. The number of amides is 1. The van der Waals surface area contributed by atoms with Crippen molar-refractivity contribution in [1.82, 2.24) is 4.57 Å². The molecule has 10 nitrogen and oxygen atoms in total. The van der Waals surface area contributed by atoms with Crippen LogP contribution in [0.2, 0.25) is 0 Å². The van der Waals surface area contributed by atoms with Crippen LogP contribution in [0.4, 0.5) is 5.69 Å². The molecule has 0 saturated heterocycles. The Morgan fingerprint density at radius 1 is 1.07 bits per heavy atom. The van der Waals surface area contributed by atoms with Crippen molar-refractivity contribution < 1.29 is 28.6 Å². The highest BCUT2D eigenvalue weighted by Gasteiger charge is 2.37. The van der Waals surface area contributed by atoms with Gasteiger partial charge < -0.3 is 19.1 Å². The lowest BCUT2D eigenvalue weighted by Crippen LogP contribution is -2.41. The fraction of sp³-hybridized carbons (Fsp3) is 0.323. The van der Waals surface area contributed by atoms with Crippen LogP contribution in [-0.4, -0.2) is 42.7 Å². The molecule has 218 valence electrons. The summed E-state index contributed by atoms with van der Waals surface area (Å²) in [5, 5.41) is 0. The van der Waals surface area contributed by atoms with Gasteiger partial charge in [0.05, 0.1) is 42.3 Å². The molecule has 3 aromatic rings. The van der Waals surface area contributed by atoms with Crippen LogP contribution in [-0.2, 0) is 19.1 Å². The second kappa shape index (κ2) is 11.8. The first kappa shape index (κ1) is 29.0. The Balaban J connectivity index is 1.77. The number of nitrogens with zero attached hydrogens (tertiary/aromatic N) is 3. The highest BCUT2D eigenvalue weighted by molar-refractivity contribution is 7.07. The monoisotopic (exact) mass is 589 g/mol. The Bertz CT molecular complexity index is 1820. The number of fused-ring (bicyclic) bond motifs is 2. The van der Waals surface area contributed by atoms with Gasteiger partial charge in [-0.05, 0) is 44.0 Å². The van der Waals surface area contributed by atoms with Crippen LogP contribution in [0.25, 0.3) is 5.57 Å². The van der Waals surface area contributed by atoms with Gasteiger partial charge in [-0.25, -0.2) is 9.79 Å². The van der Waals surface area contributed by atoms with E-state index >= 15 is 0 Å². The number of hydrogen-bond acceptors (Lipinski definition) is 9. The van der Waals surface area contributed by atoms with Crippen molar-refractivity contribution >= 4 is 40.4 Å². The van der Waals surface area contributed by atoms with E-state index in [4.69, 9.17) is 14.2 Å². The van der Waals surface area contributed by atoms with Crippen molar-refractivity contribution in [3.8, 4) is 11.5 Å². The number of carbonyl (C=O) groups is 3. The Hall–Kier alpha value is -4.51. The van der Waals surface area contributed by atoms with E-state index in [2.05, 4.69) is 11.9 Å². The van der Waals surface area contributed by atoms with Crippen molar-refractivity contribution in [3.63, 3.8) is 0 Å². The topological polar surface area (TPSA) is 117 Å². The second-order valence-corrected chi connectivity index (χ2v) is 10.8. The summed E-state index contributed by atoms with van der Waals surface area (Å²) in [5.41, 5.74) is 2.42. The Morgan fingerprint density at radius 2 is 1.83 bits per heavy atom. The van der Waals surface area contributed by atoms with Crippen LogP contribution in [0.3, 0.4) is 0 Å². The third kappa shape index (κ3) is 4.94. The fourth-order valence-corrected chi connectivity index (χ4v) is 6.43. The maximum Gasteiger partial charge on any atom is 0.338 e. The number of anilines is 1. The number of esters is 2. The van der Waals surface area contributed by atoms with Gasteiger partial charge in [-0.3, -0.25) is 19.0 Å². The van der Waals surface area contributed by atoms with Gasteiger partial charge in [0.15, 0.2) is 16.3 Å². The van der Waals surface area contributed by atoms with Crippen molar-refractivity contribution in [1.29, 1.82) is 0 Å². The molecule has 1 aromatic heterocycles. The molecule has 2 aliphatic rings. The molecule has 3 heterocycles. The van der Waals surface area contributed by atoms with Crippen LogP contribution in [0.1, 0.15) is 57.7 Å². The van der Waals surface area contributed by atoms with E-state index in [9.17, 15) is 19.2 Å². The lowest BCUT2D eigenvalue weighted by Gasteiger charge is -2.25. The molecule has 0 unspecified atom stereocenters. The molecule has 0 radical (unpaired) electrons. The molecule has 0 N–H and O–H groups in total. The third-order valence-electron chi connectivity index (χ3n) is 7.14. The summed E-state index contributed by atoms with van der Waals surface area (Å²) >= 11 is 1.12. The first-order valence-corrected chi connectivity index (χ1v) is 14.5. The molecule has 5 rings (SSSR count). The molecular formula is C31H31N3O7S. The van der Waals surface area contributed by atoms with E-state index in [1.165, 1.54) is 18.6 Å². The first-order chi connectivity index (χ1) is 20.2. The van der Waals surface area contributed by atoms with E-state index in [1.54, 1.807) is 36.9 Å². The maximum absolute atomic E-state index is 14.3. The number of rotatable bonds is 8. The predicted octanol–water partition coefficient (Wildman–Crippen LogP) is 3.25. The number of aromatic nitrogens is 1. The minimum atomic E-state index is -0.933. The van der Waals surface area contributed by atoms with Crippen molar-refractivity contribution in [2.45, 2.75) is 46.6 Å². The lowest BCUT2D eigenvalue weighted by atomic mass is 9.95. The number of hydrogen-bond donors (Lipinski definition) is 0. The standard InChI is InChI=1S/C31H31N3O7S/c1-6-8-15-33-21-12-10-9-11-20(21)25(28(33)36)27-29(37)34-26(19-13-14-22(41-18(4)35)23(16-19)39-5)24(30(38)40-7-2)17(3)32-31(34)42-27/h9-14,16,26H,6-8,15H2,1-5H3/b27-25-/t26-/m1/s1. The highest BCUT2D eigenvalue weighted by atomic mass is 32.1. The molecule has 0 aliphatic carbocycles. The van der Waals surface area contributed by atoms with Gasteiger partial charge >= 0.3 is 11.9 Å². The number of unbranched alkanes of at least 4 members (excludes halogenated alkanes) is 1. The van der Waals surface area contributed by atoms with Crippen LogP contribution in [0.5, 0.6) is 11.5 Å². The molecule has 0 bridgehead atoms. The van der Waals surface area contributed by atoms with Crippen LogP contribution in [0, 0.1) is 0 Å². The van der Waals surface area contributed by atoms with Crippen LogP contribution in [0.15, 0.2) is 63.5 Å². The maximum atomic E-state index is 14.3. The number of methoxy groups -OCH3 is 1. The molecule has 1 atom stereocenters. The summed E-state index contributed by atoms with van der Waals surface area (Å²) in [5.74, 6) is -0.926. The molecule has 11 heteroatoms. The van der Waals surface area contributed by atoms with Gasteiger partial charge in [-0.15, -0.1) is 0 Å². The highest BCUT2D eigenvalue weighted by Crippen LogP contribution is 2.37. The van der Waals surface area contributed by atoms with Crippen LogP contribution >= 0.6 is 11.3 Å². The van der Waals surface area contributed by atoms with Crippen molar-refractivity contribution in [2.24, 2.45) is 4.99 Å². The zero-order valence-corrected chi connectivity index (χ0v) is 24.9. The Kier molecular flexibility index (Phi) is 8.13. The average Bonchev–Trinajstić information content (AvgIpc) is 3.43. The van der Waals surface area contributed by atoms with E-state index in [1.807, 2.05) is 24.3 Å². The Morgan fingerprint density at radius 3 is 2.52 bits per heavy atom. The minimum Gasteiger partial charge on any atom is -0.493 e. The van der Waals surface area contributed by atoms with Crippen molar-refractivity contribution in [3.05, 3.63) is 84.5 Å². The number of benzene rings is 2. The number of carbonyl (C=O) groups excluding carboxylic acids is 3. The first-order valence-electron chi connectivity index (χ1n) is 13.7. The zero-order chi connectivity index (χ0) is 30.1. The quantitative estimate of drug-likeness (QED) is 0.293. The summed E-state index contributed by atoms with van der Waals surface area (Å²) in [6.45, 7) is 7.39. The lowest BCUT2D eigenvalue weighted by molar-refractivity contribution is -0.139. The molecule has 2 aromatic carbocycles. The number of allylic oxidation sites excluding steroid dienone is 1. The third-order valence-corrected chi connectivity index (χ3v) is 8.19. The zero-order valence-electron chi connectivity index (χ0n) is 24.1. The molecule has 0 saturated carbocycles. The molecule has 0 spiro atoms. The molecule has 0 fully saturated rings. The van der Waals surface area contributed by atoms with E-state index in [0.29, 0.717) is 33.7 Å². The van der Waals surface area contributed by atoms with Crippen molar-refractivity contribution in [2.75, 3.05) is 25.2 Å². The van der Waals surface area contributed by atoms with Crippen LogP contribution < -0.4 is 29.3 Å². The smallest absolute Gasteiger partial charge is 0.338 e. The largest absolute Gasteiger partial charge is 0.493 e. The normalized spacial score (nSPS) is 17.0. The molecule has 42 heavy (non-hydrogen) atoms. The van der Waals surface area contributed by atoms with Gasteiger partial charge in [0.2, 0.25) is 0 Å². The van der Waals surface area contributed by atoms with Gasteiger partial charge in [0.1, 0.15) is 4.53 Å². The molecule has 2 aliphatic heterocycles. The van der Waals surface area contributed by atoms with E-state index in [-0.39, 0.29) is 34.1 Å². The minimum absolute atomic E-state index is 0.129. The predicted molar refractivity (Wildman–Crippen MR) is 157 cm³/mol. The average molecular weight is 590 g/mol. The number of para-hydroxylation sites is 1. The summed E-state index contributed by atoms with van der Waals surface area (Å²) < 4.78 is 17.8. The summed E-state index contributed by atoms with van der Waals surface area (Å²) in [6, 6.07) is 11.3. The fourth-order valence-electron chi connectivity index (χ4n) is 5.29. The van der Waals surface area contributed by atoms with Gasteiger partial charge in [0.25, 0.3) is 11.5 Å². The molecule has 1 amide bonds. The SMILES string of the molecule is CCCCN1C(=O)/C(=c2\sc3n(c2=O)[C@H](c2ccc(OC(C)=O)c(OC)c2)C(C(=O)OCC)=C(C)N=3)c2ccccc21. The number of ether oxygens (including phenoxy) is 3. The summed E-state index contributed by atoms with van der Waals surface area (Å²) in [7, 11) is 1.43. The van der Waals surface area contributed by atoms with Gasteiger partial charge in [0, 0.05) is 19.0 Å². The van der Waals surface area contributed by atoms with Gasteiger partial charge in [-0.2, -0.15) is 0 Å². The second-order valence-electron chi connectivity index (χ2n) is 9.83. The number of thiazole rings is 1. The van der Waals surface area contributed by atoms with E-state index in [0.717, 1.165) is 29.9 Å².